The Bertz CT molecular complexity index is 1430. The molecule has 0 spiro atoms. The Kier molecular flexibility index (Phi) is 4.91. The summed E-state index contributed by atoms with van der Waals surface area (Å²) in [5.74, 6) is 1.49. The second-order valence-electron chi connectivity index (χ2n) is 6.95. The highest BCUT2D eigenvalue weighted by molar-refractivity contribution is 9.10. The number of hydrogen-bond acceptors (Lipinski definition) is 4. The van der Waals surface area contributed by atoms with Gasteiger partial charge < -0.3 is 9.30 Å². The monoisotopic (exact) mass is 477 g/mol. The lowest BCUT2D eigenvalue weighted by Crippen LogP contribution is -2.39. The molecule has 0 radical (unpaired) electrons. The second-order valence-corrected chi connectivity index (χ2v) is 7.81. The van der Waals surface area contributed by atoms with Gasteiger partial charge in [-0.2, -0.15) is 0 Å². The first kappa shape index (κ1) is 19.3. The van der Waals surface area contributed by atoms with Crippen LogP contribution in [0.15, 0.2) is 86.6 Å². The summed E-state index contributed by atoms with van der Waals surface area (Å²) in [6.45, 7) is 0.273. The number of aromatic amines is 1. The number of benzene rings is 3. The van der Waals surface area contributed by atoms with E-state index in [1.165, 1.54) is 0 Å². The van der Waals surface area contributed by atoms with Crippen LogP contribution in [-0.2, 0) is 6.54 Å². The molecule has 0 aliphatic heterocycles. The Balaban J connectivity index is 1.67. The van der Waals surface area contributed by atoms with Crippen LogP contribution in [0.25, 0.3) is 28.1 Å². The molecule has 0 aliphatic rings. The Labute approximate surface area is 185 Å². The molecule has 31 heavy (non-hydrogen) atoms. The molecule has 0 fully saturated rings. The molecule has 0 bridgehead atoms. The first-order valence-electron chi connectivity index (χ1n) is 9.62. The predicted octanol–water partition coefficient (Wildman–Crippen LogP) is 4.08. The minimum atomic E-state index is -0.438. The van der Waals surface area contributed by atoms with Crippen molar-refractivity contribution in [2.24, 2.45) is 0 Å². The Hall–Kier alpha value is -3.65. The van der Waals surface area contributed by atoms with Gasteiger partial charge in [0.25, 0.3) is 0 Å². The largest absolute Gasteiger partial charge is 0.497 e. The molecular weight excluding hydrogens is 460 g/mol. The number of H-pyrrole nitrogens is 1. The van der Waals surface area contributed by atoms with Crippen LogP contribution in [0.2, 0.25) is 0 Å². The Morgan fingerprint density at radius 2 is 1.81 bits per heavy atom. The van der Waals surface area contributed by atoms with E-state index >= 15 is 0 Å². The van der Waals surface area contributed by atoms with Gasteiger partial charge in [-0.15, -0.1) is 0 Å². The van der Waals surface area contributed by atoms with Crippen molar-refractivity contribution < 1.29 is 13.9 Å². The fraction of sp³-hybridized carbons (Fsp3) is 0.0870. The maximum absolute atomic E-state index is 12.6. The van der Waals surface area contributed by atoms with Crippen LogP contribution in [0, 0.1) is 0 Å². The lowest BCUT2D eigenvalue weighted by Gasteiger charge is -2.08. The van der Waals surface area contributed by atoms with Crippen LogP contribution in [0.5, 0.6) is 5.75 Å². The predicted molar refractivity (Wildman–Crippen MR) is 119 cm³/mol. The average molecular weight is 478 g/mol. The van der Waals surface area contributed by atoms with Gasteiger partial charge in [0.05, 0.1) is 18.1 Å². The molecular formula is C23H18BrN4O3+. The zero-order valence-corrected chi connectivity index (χ0v) is 18.2. The van der Waals surface area contributed by atoms with E-state index in [1.54, 1.807) is 11.8 Å². The topological polar surface area (TPSA) is 76.9 Å². The molecule has 0 amide bonds. The van der Waals surface area contributed by atoms with E-state index in [0.29, 0.717) is 5.69 Å². The lowest BCUT2D eigenvalue weighted by molar-refractivity contribution is -0.677. The fourth-order valence-corrected chi connectivity index (χ4v) is 4.06. The summed E-state index contributed by atoms with van der Waals surface area (Å²) in [5, 5.41) is 2.70. The normalized spacial score (nSPS) is 11.2. The summed E-state index contributed by atoms with van der Waals surface area (Å²) >= 11 is 3.62. The van der Waals surface area contributed by atoms with Gasteiger partial charge in [-0.05, 0) is 40.3 Å². The number of methoxy groups -OCH3 is 1. The van der Waals surface area contributed by atoms with E-state index in [4.69, 9.17) is 14.2 Å². The van der Waals surface area contributed by atoms with Crippen molar-refractivity contribution in [3.63, 3.8) is 0 Å². The maximum atomic E-state index is 12.6. The molecule has 154 valence electrons. The first-order chi connectivity index (χ1) is 15.2. The number of para-hydroxylation sites is 2. The summed E-state index contributed by atoms with van der Waals surface area (Å²) in [5.41, 5.74) is 3.48. The van der Waals surface area contributed by atoms with Gasteiger partial charge in [0, 0.05) is 22.2 Å². The molecule has 5 rings (SSSR count). The summed E-state index contributed by atoms with van der Waals surface area (Å²) in [7, 11) is 1.61. The molecule has 2 heterocycles. The van der Waals surface area contributed by atoms with Crippen LogP contribution in [0.3, 0.4) is 0 Å². The molecule has 0 saturated heterocycles. The van der Waals surface area contributed by atoms with Gasteiger partial charge in [-0.3, -0.25) is 4.52 Å². The first-order valence-corrected chi connectivity index (χ1v) is 10.4. The maximum Gasteiger partial charge on any atom is 0.432 e. The molecule has 1 N–H and O–H groups in total. The Morgan fingerprint density at radius 3 is 2.58 bits per heavy atom. The molecule has 0 unspecified atom stereocenters. The van der Waals surface area contributed by atoms with Crippen molar-refractivity contribution >= 4 is 27.0 Å². The molecule has 2 aromatic heterocycles. The van der Waals surface area contributed by atoms with Crippen molar-refractivity contribution in [1.82, 2.24) is 14.8 Å². The summed E-state index contributed by atoms with van der Waals surface area (Å²) in [4.78, 5) is 17.5. The summed E-state index contributed by atoms with van der Waals surface area (Å²) in [6, 6.07) is 23.1. The Morgan fingerprint density at radius 1 is 1.06 bits per heavy atom. The van der Waals surface area contributed by atoms with Crippen LogP contribution < -0.4 is 15.0 Å². The third kappa shape index (κ3) is 3.44. The van der Waals surface area contributed by atoms with Crippen molar-refractivity contribution in [3.05, 3.63) is 93.4 Å². The van der Waals surface area contributed by atoms with Crippen LogP contribution in [-0.4, -0.2) is 21.9 Å². The van der Waals surface area contributed by atoms with Gasteiger partial charge in [0.1, 0.15) is 18.1 Å². The van der Waals surface area contributed by atoms with Gasteiger partial charge in [0.2, 0.25) is 5.69 Å². The molecule has 8 heteroatoms. The standard InChI is InChI=1S/C23H17BrN4O3/c1-30-16-12-10-15(11-13-16)28-21(23(29)31-26-28)14-27-20-9-5-4-8-19(20)25-22(27)17-6-2-3-7-18(17)24/h2-13H,14H2,1H3/p+1. The van der Waals surface area contributed by atoms with E-state index in [-0.39, 0.29) is 6.54 Å². The second kappa shape index (κ2) is 7.88. The number of rotatable bonds is 5. The number of nitrogens with zero attached hydrogens (tertiary/aromatic N) is 3. The summed E-state index contributed by atoms with van der Waals surface area (Å²) in [6.07, 6.45) is 0. The minimum absolute atomic E-state index is 0.273. The lowest BCUT2D eigenvalue weighted by atomic mass is 10.2. The van der Waals surface area contributed by atoms with Crippen LogP contribution in [0.4, 0.5) is 0 Å². The molecule has 0 aliphatic carbocycles. The van der Waals surface area contributed by atoms with Crippen molar-refractivity contribution in [2.75, 3.05) is 7.11 Å². The molecule has 7 nitrogen and oxygen atoms in total. The van der Waals surface area contributed by atoms with E-state index < -0.39 is 5.63 Å². The molecule has 3 aromatic carbocycles. The average Bonchev–Trinajstić information content (AvgIpc) is 3.35. The van der Waals surface area contributed by atoms with E-state index in [0.717, 1.165) is 38.3 Å². The molecule has 0 saturated carbocycles. The molecule has 0 atom stereocenters. The number of hydrogen-bond donors (Lipinski definition) is 1. The SMILES string of the molecule is COc1ccc(-[n+]2[nH]oc(=O)c2Cn2c(-c3ccccc3Br)nc3ccccc32)cc1. The van der Waals surface area contributed by atoms with E-state index in [9.17, 15) is 4.79 Å². The molecule has 5 aromatic rings. The number of ether oxygens (including phenoxy) is 1. The van der Waals surface area contributed by atoms with E-state index in [1.807, 2.05) is 77.4 Å². The zero-order valence-electron chi connectivity index (χ0n) is 16.6. The van der Waals surface area contributed by atoms with Gasteiger partial charge >= 0.3 is 11.3 Å². The highest BCUT2D eigenvalue weighted by Gasteiger charge is 2.26. The highest BCUT2D eigenvalue weighted by Crippen LogP contribution is 2.30. The third-order valence-electron chi connectivity index (χ3n) is 5.14. The van der Waals surface area contributed by atoms with Gasteiger partial charge in [-0.1, -0.05) is 46.3 Å². The van der Waals surface area contributed by atoms with Crippen molar-refractivity contribution in [3.8, 4) is 22.8 Å². The highest BCUT2D eigenvalue weighted by atomic mass is 79.9. The smallest absolute Gasteiger partial charge is 0.432 e. The van der Waals surface area contributed by atoms with Crippen LogP contribution in [0.1, 0.15) is 5.69 Å². The number of nitrogens with one attached hydrogen (secondary N) is 1. The number of imidazole rings is 1. The number of fused-ring (bicyclic) bond motifs is 1. The third-order valence-corrected chi connectivity index (χ3v) is 5.83. The zero-order chi connectivity index (χ0) is 21.4. The van der Waals surface area contributed by atoms with Crippen molar-refractivity contribution in [1.29, 1.82) is 0 Å². The van der Waals surface area contributed by atoms with Crippen LogP contribution >= 0.6 is 15.9 Å². The number of halogens is 1. The minimum Gasteiger partial charge on any atom is -0.497 e. The van der Waals surface area contributed by atoms with E-state index in [2.05, 4.69) is 21.2 Å². The number of aromatic nitrogens is 4. The van der Waals surface area contributed by atoms with Gasteiger partial charge in [0.15, 0.2) is 0 Å². The quantitative estimate of drug-likeness (QED) is 0.387. The fourth-order valence-electron chi connectivity index (χ4n) is 3.60. The summed E-state index contributed by atoms with van der Waals surface area (Å²) < 4.78 is 15.0. The van der Waals surface area contributed by atoms with Crippen molar-refractivity contribution in [2.45, 2.75) is 6.54 Å². The van der Waals surface area contributed by atoms with Gasteiger partial charge in [-0.25, -0.2) is 9.78 Å².